The van der Waals surface area contributed by atoms with Crippen LogP contribution in [0.3, 0.4) is 0 Å². The highest BCUT2D eigenvalue weighted by molar-refractivity contribution is 8.01. The number of nitrogens with zero attached hydrogens (tertiary/aromatic N) is 1. The van der Waals surface area contributed by atoms with Gasteiger partial charge in [-0.2, -0.15) is 0 Å². The van der Waals surface area contributed by atoms with Crippen LogP contribution in [0.4, 0.5) is 5.69 Å². The number of fused-ring (bicyclic) bond motifs is 1. The van der Waals surface area contributed by atoms with Crippen molar-refractivity contribution in [3.8, 4) is 0 Å². The normalized spacial score (nSPS) is 10.7. The third-order valence-electron chi connectivity index (χ3n) is 2.91. The number of thiazole rings is 1. The molecule has 6 heteroatoms. The fraction of sp³-hybridized carbons (Fsp3) is 0.0667. The Bertz CT molecular complexity index is 781. The van der Waals surface area contributed by atoms with Gasteiger partial charge in [-0.05, 0) is 30.3 Å². The summed E-state index contributed by atoms with van der Waals surface area (Å²) in [7, 11) is 1.34. The first-order valence-electron chi connectivity index (χ1n) is 6.18. The summed E-state index contributed by atoms with van der Waals surface area (Å²) >= 11 is 3.13. The van der Waals surface area contributed by atoms with Gasteiger partial charge >= 0.3 is 5.97 Å². The third-order valence-corrected chi connectivity index (χ3v) is 5.00. The number of esters is 1. The largest absolute Gasteiger partial charge is 0.465 e. The van der Waals surface area contributed by atoms with Gasteiger partial charge in [-0.1, -0.05) is 23.9 Å². The summed E-state index contributed by atoms with van der Waals surface area (Å²) in [5, 5.41) is 0. The van der Waals surface area contributed by atoms with Crippen LogP contribution in [-0.2, 0) is 4.74 Å². The van der Waals surface area contributed by atoms with Crippen molar-refractivity contribution >= 4 is 45.0 Å². The van der Waals surface area contributed by atoms with Crippen molar-refractivity contribution in [1.29, 1.82) is 0 Å². The molecule has 0 aliphatic rings. The van der Waals surface area contributed by atoms with E-state index in [1.807, 2.05) is 30.3 Å². The van der Waals surface area contributed by atoms with Gasteiger partial charge in [0, 0.05) is 10.6 Å². The van der Waals surface area contributed by atoms with Gasteiger partial charge in [0.2, 0.25) is 0 Å². The molecule has 3 rings (SSSR count). The van der Waals surface area contributed by atoms with Crippen LogP contribution in [-0.4, -0.2) is 18.1 Å². The van der Waals surface area contributed by atoms with Crippen molar-refractivity contribution in [2.24, 2.45) is 0 Å². The van der Waals surface area contributed by atoms with Crippen molar-refractivity contribution in [3.63, 3.8) is 0 Å². The molecule has 106 valence electrons. The highest BCUT2D eigenvalue weighted by Gasteiger charge is 2.12. The fourth-order valence-corrected chi connectivity index (χ4v) is 3.96. The number of methoxy groups -OCH3 is 1. The monoisotopic (exact) mass is 316 g/mol. The highest BCUT2D eigenvalue weighted by atomic mass is 32.2. The maximum absolute atomic E-state index is 11.7. The molecule has 1 heterocycles. The summed E-state index contributed by atoms with van der Waals surface area (Å²) in [6.07, 6.45) is 0. The number of aromatic nitrogens is 1. The number of carbonyl (C=O) groups excluding carboxylic acids is 1. The lowest BCUT2D eigenvalue weighted by atomic mass is 10.2. The fourth-order valence-electron chi connectivity index (χ4n) is 1.88. The van der Waals surface area contributed by atoms with E-state index in [1.165, 1.54) is 18.9 Å². The average molecular weight is 316 g/mol. The molecule has 0 radical (unpaired) electrons. The maximum Gasteiger partial charge on any atom is 0.339 e. The molecule has 0 aliphatic carbocycles. The van der Waals surface area contributed by atoms with Gasteiger partial charge < -0.3 is 10.5 Å². The van der Waals surface area contributed by atoms with E-state index in [0.717, 1.165) is 19.5 Å². The molecule has 0 saturated carbocycles. The van der Waals surface area contributed by atoms with E-state index in [9.17, 15) is 4.79 Å². The number of rotatable bonds is 3. The van der Waals surface area contributed by atoms with Crippen LogP contribution in [0.15, 0.2) is 51.7 Å². The number of nitrogen functional groups attached to an aromatic ring is 1. The van der Waals surface area contributed by atoms with Crippen LogP contribution in [0.2, 0.25) is 0 Å². The Hall–Kier alpha value is -2.05. The predicted octanol–water partition coefficient (Wildman–Crippen LogP) is 3.82. The molecule has 0 aliphatic heterocycles. The van der Waals surface area contributed by atoms with Gasteiger partial charge in [0.05, 0.1) is 22.9 Å². The second-order valence-corrected chi connectivity index (χ2v) is 6.64. The molecule has 21 heavy (non-hydrogen) atoms. The molecule has 2 N–H and O–H groups in total. The zero-order chi connectivity index (χ0) is 14.8. The van der Waals surface area contributed by atoms with E-state index in [4.69, 9.17) is 10.5 Å². The SMILES string of the molecule is COC(=O)c1cc(Sc2nc3ccccc3s2)ccc1N. The van der Waals surface area contributed by atoms with Gasteiger partial charge in [0.25, 0.3) is 0 Å². The first kappa shape index (κ1) is 13.9. The molecule has 0 amide bonds. The standard InChI is InChI=1S/C15H12N2O2S2/c1-19-14(18)10-8-9(6-7-11(10)16)20-15-17-12-4-2-3-5-13(12)21-15/h2-8H,16H2,1H3. The molecule has 2 aromatic carbocycles. The Kier molecular flexibility index (Phi) is 3.81. The molecule has 0 bridgehead atoms. The Morgan fingerprint density at radius 3 is 2.86 bits per heavy atom. The summed E-state index contributed by atoms with van der Waals surface area (Å²) in [5.74, 6) is -0.431. The first-order valence-corrected chi connectivity index (χ1v) is 7.82. The van der Waals surface area contributed by atoms with Crippen LogP contribution in [0.5, 0.6) is 0 Å². The van der Waals surface area contributed by atoms with Gasteiger partial charge in [-0.3, -0.25) is 0 Å². The molecule has 0 unspecified atom stereocenters. The first-order chi connectivity index (χ1) is 10.2. The number of benzene rings is 2. The van der Waals surface area contributed by atoms with Crippen molar-refractivity contribution in [3.05, 3.63) is 48.0 Å². The second-order valence-electron chi connectivity index (χ2n) is 4.29. The number of hydrogen-bond acceptors (Lipinski definition) is 6. The lowest BCUT2D eigenvalue weighted by Gasteiger charge is -2.05. The third kappa shape index (κ3) is 2.86. The minimum Gasteiger partial charge on any atom is -0.465 e. The zero-order valence-corrected chi connectivity index (χ0v) is 12.8. The summed E-state index contributed by atoms with van der Waals surface area (Å²) < 4.78 is 6.80. The molecule has 0 spiro atoms. The molecule has 4 nitrogen and oxygen atoms in total. The summed E-state index contributed by atoms with van der Waals surface area (Å²) in [6.45, 7) is 0. The van der Waals surface area contributed by atoms with Gasteiger partial charge in [0.15, 0.2) is 4.34 Å². The molecule has 0 saturated heterocycles. The number of hydrogen-bond donors (Lipinski definition) is 1. The second kappa shape index (κ2) is 5.75. The smallest absolute Gasteiger partial charge is 0.339 e. The molecule has 0 fully saturated rings. The topological polar surface area (TPSA) is 65.2 Å². The molecular weight excluding hydrogens is 304 g/mol. The summed E-state index contributed by atoms with van der Waals surface area (Å²) in [6, 6.07) is 13.3. The van der Waals surface area contributed by atoms with Gasteiger partial charge in [-0.15, -0.1) is 11.3 Å². The Balaban J connectivity index is 1.92. The van der Waals surface area contributed by atoms with E-state index in [1.54, 1.807) is 23.5 Å². The summed E-state index contributed by atoms with van der Waals surface area (Å²) in [4.78, 5) is 17.1. The minimum absolute atomic E-state index is 0.378. The van der Waals surface area contributed by atoms with Gasteiger partial charge in [0.1, 0.15) is 0 Å². The van der Waals surface area contributed by atoms with E-state index in [2.05, 4.69) is 4.98 Å². The minimum atomic E-state index is -0.431. The number of anilines is 1. The van der Waals surface area contributed by atoms with Crippen molar-refractivity contribution < 1.29 is 9.53 Å². The molecule has 3 aromatic rings. The lowest BCUT2D eigenvalue weighted by molar-refractivity contribution is 0.0601. The van der Waals surface area contributed by atoms with E-state index >= 15 is 0 Å². The number of carbonyl (C=O) groups is 1. The number of ether oxygens (including phenoxy) is 1. The lowest BCUT2D eigenvalue weighted by Crippen LogP contribution is -2.05. The average Bonchev–Trinajstić information content (AvgIpc) is 2.90. The Morgan fingerprint density at radius 2 is 2.10 bits per heavy atom. The van der Waals surface area contributed by atoms with Crippen molar-refractivity contribution in [2.45, 2.75) is 9.24 Å². The quantitative estimate of drug-likeness (QED) is 0.588. The van der Waals surface area contributed by atoms with Crippen LogP contribution < -0.4 is 5.73 Å². The van der Waals surface area contributed by atoms with Crippen LogP contribution in [0.25, 0.3) is 10.2 Å². The van der Waals surface area contributed by atoms with Crippen molar-refractivity contribution in [1.82, 2.24) is 4.98 Å². The molecule has 1 aromatic heterocycles. The highest BCUT2D eigenvalue weighted by Crippen LogP contribution is 2.35. The van der Waals surface area contributed by atoms with Gasteiger partial charge in [-0.25, -0.2) is 9.78 Å². The zero-order valence-electron chi connectivity index (χ0n) is 11.2. The predicted molar refractivity (Wildman–Crippen MR) is 85.9 cm³/mol. The van der Waals surface area contributed by atoms with E-state index in [0.29, 0.717) is 11.3 Å². The summed E-state index contributed by atoms with van der Waals surface area (Å²) in [5.41, 5.74) is 7.57. The Labute approximate surface area is 129 Å². The van der Waals surface area contributed by atoms with Crippen LogP contribution in [0.1, 0.15) is 10.4 Å². The molecular formula is C15H12N2O2S2. The van der Waals surface area contributed by atoms with E-state index < -0.39 is 5.97 Å². The molecule has 0 atom stereocenters. The van der Waals surface area contributed by atoms with Crippen molar-refractivity contribution in [2.75, 3.05) is 12.8 Å². The maximum atomic E-state index is 11.7. The number of nitrogens with two attached hydrogens (primary N) is 1. The van der Waals surface area contributed by atoms with Crippen LogP contribution in [0, 0.1) is 0 Å². The van der Waals surface area contributed by atoms with E-state index in [-0.39, 0.29) is 0 Å². The number of para-hydroxylation sites is 1. The Morgan fingerprint density at radius 1 is 1.29 bits per heavy atom. The van der Waals surface area contributed by atoms with Crippen LogP contribution >= 0.6 is 23.1 Å².